The lowest BCUT2D eigenvalue weighted by Crippen LogP contribution is -2.15. The smallest absolute Gasteiger partial charge is 0.416 e. The van der Waals surface area contributed by atoms with Gasteiger partial charge in [0.1, 0.15) is 5.75 Å². The molecule has 0 radical (unpaired) electrons. The highest BCUT2D eigenvalue weighted by Crippen LogP contribution is 2.39. The third kappa shape index (κ3) is 7.36. The summed E-state index contributed by atoms with van der Waals surface area (Å²) >= 11 is 0. The van der Waals surface area contributed by atoms with Gasteiger partial charge in [0.05, 0.1) is 5.56 Å². The fourth-order valence-corrected chi connectivity index (χ4v) is 5.40. The summed E-state index contributed by atoms with van der Waals surface area (Å²) in [5, 5.41) is 0. The minimum absolute atomic E-state index is 0.0135. The quantitative estimate of drug-likeness (QED) is 0.187. The summed E-state index contributed by atoms with van der Waals surface area (Å²) < 4.78 is 72.9. The summed E-state index contributed by atoms with van der Waals surface area (Å²) in [5.74, 6) is -0.989. The summed E-state index contributed by atoms with van der Waals surface area (Å²) in [7, 11) is 0. The minimum Gasteiger partial charge on any atom is -0.454 e. The topological polar surface area (TPSA) is 9.23 Å². The summed E-state index contributed by atoms with van der Waals surface area (Å²) in [4.78, 5) is 0. The number of benzene rings is 3. The maximum atomic E-state index is 14.7. The molecule has 1 saturated carbocycles. The van der Waals surface area contributed by atoms with Gasteiger partial charge in [-0.2, -0.15) is 17.6 Å². The van der Waals surface area contributed by atoms with Crippen molar-refractivity contribution >= 4 is 0 Å². The molecule has 0 saturated heterocycles. The van der Waals surface area contributed by atoms with Gasteiger partial charge in [-0.3, -0.25) is 0 Å². The molecule has 0 aliphatic heterocycles. The fraction of sp³-hybridized carbons (Fsp3) is 0.438. The van der Waals surface area contributed by atoms with Crippen molar-refractivity contribution in [3.63, 3.8) is 0 Å². The maximum absolute atomic E-state index is 14.7. The molecule has 0 aromatic heterocycles. The van der Waals surface area contributed by atoms with Crippen molar-refractivity contribution in [2.24, 2.45) is 11.8 Å². The molecule has 3 aromatic rings. The van der Waals surface area contributed by atoms with E-state index in [4.69, 9.17) is 4.74 Å². The van der Waals surface area contributed by atoms with Crippen LogP contribution >= 0.6 is 0 Å². The molecule has 0 bridgehead atoms. The van der Waals surface area contributed by atoms with Gasteiger partial charge in [0.2, 0.25) is 5.82 Å². The van der Waals surface area contributed by atoms with Crippen molar-refractivity contribution in [3.8, 4) is 22.6 Å². The first-order valence-corrected chi connectivity index (χ1v) is 13.7. The number of aryl methyl sites for hydroxylation is 1. The van der Waals surface area contributed by atoms with E-state index in [0.717, 1.165) is 55.0 Å². The molecule has 204 valence electrons. The van der Waals surface area contributed by atoms with Gasteiger partial charge < -0.3 is 4.74 Å². The van der Waals surface area contributed by atoms with Gasteiger partial charge in [0.15, 0.2) is 11.6 Å². The monoisotopic (exact) mass is 530 g/mol. The summed E-state index contributed by atoms with van der Waals surface area (Å²) in [6.07, 6.45) is 8.24. The van der Waals surface area contributed by atoms with Gasteiger partial charge in [-0.15, -0.1) is 0 Å². The van der Waals surface area contributed by atoms with Crippen LogP contribution in [0.3, 0.4) is 0 Å². The number of ether oxygens (including phenoxy) is 1. The Morgan fingerprint density at radius 1 is 0.763 bits per heavy atom. The van der Waals surface area contributed by atoms with Gasteiger partial charge in [0.25, 0.3) is 0 Å². The summed E-state index contributed by atoms with van der Waals surface area (Å²) in [6.45, 7) is 2.25. The standard InChI is InChI=1S/C32H35F5O/c1-2-3-4-5-22-6-8-23(9-7-22)10-11-24-12-14-25(15-13-24)28-20-21-29(33)30(34)31(28)38-27-18-16-26(17-19-27)32(35,36)37/h12-23H,2-11H2,1H3/t22-,23-. The van der Waals surface area contributed by atoms with Crippen molar-refractivity contribution in [2.75, 3.05) is 0 Å². The van der Waals surface area contributed by atoms with Crippen LogP contribution in [0.4, 0.5) is 22.0 Å². The zero-order chi connectivity index (χ0) is 27.1. The average Bonchev–Trinajstić information content (AvgIpc) is 2.91. The van der Waals surface area contributed by atoms with Crippen LogP contribution in [0.15, 0.2) is 60.7 Å². The van der Waals surface area contributed by atoms with E-state index in [9.17, 15) is 22.0 Å². The Morgan fingerprint density at radius 2 is 1.39 bits per heavy atom. The van der Waals surface area contributed by atoms with Gasteiger partial charge >= 0.3 is 6.18 Å². The van der Waals surface area contributed by atoms with Gasteiger partial charge in [-0.05, 0) is 72.2 Å². The van der Waals surface area contributed by atoms with E-state index in [0.29, 0.717) is 11.1 Å². The largest absolute Gasteiger partial charge is 0.454 e. The third-order valence-corrected chi connectivity index (χ3v) is 7.74. The molecule has 0 N–H and O–H groups in total. The Balaban J connectivity index is 1.39. The highest BCUT2D eigenvalue weighted by Gasteiger charge is 2.30. The van der Waals surface area contributed by atoms with Crippen LogP contribution in [0.5, 0.6) is 11.5 Å². The van der Waals surface area contributed by atoms with E-state index < -0.39 is 23.4 Å². The van der Waals surface area contributed by atoms with Crippen LogP contribution < -0.4 is 4.74 Å². The Bertz CT molecular complexity index is 1160. The first kappa shape index (κ1) is 28.1. The predicted molar refractivity (Wildman–Crippen MR) is 141 cm³/mol. The average molecular weight is 531 g/mol. The van der Waals surface area contributed by atoms with Crippen LogP contribution in [-0.4, -0.2) is 0 Å². The molecule has 1 fully saturated rings. The zero-order valence-electron chi connectivity index (χ0n) is 21.8. The van der Waals surface area contributed by atoms with E-state index in [1.165, 1.54) is 63.0 Å². The molecule has 0 spiro atoms. The second-order valence-corrected chi connectivity index (χ2v) is 10.5. The van der Waals surface area contributed by atoms with Crippen molar-refractivity contribution < 1.29 is 26.7 Å². The SMILES string of the molecule is CCCCC[C@H]1CC[C@H](CCc2ccc(-c3ccc(F)c(F)c3Oc3ccc(C(F)(F)F)cc3)cc2)CC1. The normalized spacial score (nSPS) is 17.9. The Labute approximate surface area is 222 Å². The van der Waals surface area contributed by atoms with Crippen LogP contribution in [0.2, 0.25) is 0 Å². The fourth-order valence-electron chi connectivity index (χ4n) is 5.40. The highest BCUT2D eigenvalue weighted by atomic mass is 19.4. The van der Waals surface area contributed by atoms with Crippen LogP contribution in [0.1, 0.15) is 75.8 Å². The Kier molecular flexibility index (Phi) is 9.45. The van der Waals surface area contributed by atoms with Gasteiger partial charge in [-0.25, -0.2) is 4.39 Å². The molecule has 1 aliphatic carbocycles. The second kappa shape index (κ2) is 12.8. The summed E-state index contributed by atoms with van der Waals surface area (Å²) in [5.41, 5.74) is 1.31. The molecule has 3 aromatic carbocycles. The molecule has 4 rings (SSSR count). The molecule has 1 nitrogen and oxygen atoms in total. The maximum Gasteiger partial charge on any atom is 0.416 e. The van der Waals surface area contributed by atoms with E-state index in [2.05, 4.69) is 6.92 Å². The number of alkyl halides is 3. The molecule has 1 aliphatic rings. The lowest BCUT2D eigenvalue weighted by atomic mass is 9.78. The predicted octanol–water partition coefficient (Wildman–Crippen LogP) is 10.8. The third-order valence-electron chi connectivity index (χ3n) is 7.74. The molecular formula is C32H35F5O. The van der Waals surface area contributed by atoms with Crippen molar-refractivity contribution in [1.29, 1.82) is 0 Å². The van der Waals surface area contributed by atoms with E-state index in [1.54, 1.807) is 0 Å². The summed E-state index contributed by atoms with van der Waals surface area (Å²) in [6, 6.07) is 14.0. The molecular weight excluding hydrogens is 495 g/mol. The Morgan fingerprint density at radius 3 is 2.00 bits per heavy atom. The number of unbranched alkanes of at least 4 members (excludes halogenated alkanes) is 2. The highest BCUT2D eigenvalue weighted by molar-refractivity contribution is 5.71. The number of rotatable bonds is 10. The number of hydrogen-bond acceptors (Lipinski definition) is 1. The van der Waals surface area contributed by atoms with Gasteiger partial charge in [-0.1, -0.05) is 82.6 Å². The first-order chi connectivity index (χ1) is 18.2. The lowest BCUT2D eigenvalue weighted by Gasteiger charge is -2.28. The van der Waals surface area contributed by atoms with E-state index >= 15 is 0 Å². The molecule has 0 amide bonds. The molecule has 6 heteroatoms. The van der Waals surface area contributed by atoms with Crippen LogP contribution in [0.25, 0.3) is 11.1 Å². The first-order valence-electron chi connectivity index (χ1n) is 13.7. The van der Waals surface area contributed by atoms with Crippen molar-refractivity contribution in [2.45, 2.75) is 77.3 Å². The van der Waals surface area contributed by atoms with Crippen LogP contribution in [0, 0.1) is 23.5 Å². The van der Waals surface area contributed by atoms with Gasteiger partial charge in [0, 0.05) is 5.56 Å². The van der Waals surface area contributed by atoms with Crippen molar-refractivity contribution in [3.05, 3.63) is 83.4 Å². The Hall–Kier alpha value is -2.89. The number of halogens is 5. The molecule has 38 heavy (non-hydrogen) atoms. The van der Waals surface area contributed by atoms with E-state index in [1.807, 2.05) is 24.3 Å². The van der Waals surface area contributed by atoms with Crippen molar-refractivity contribution in [1.82, 2.24) is 0 Å². The lowest BCUT2D eigenvalue weighted by molar-refractivity contribution is -0.137. The molecule has 0 atom stereocenters. The molecule has 0 heterocycles. The van der Waals surface area contributed by atoms with E-state index in [-0.39, 0.29) is 11.5 Å². The minimum atomic E-state index is -4.50. The number of hydrogen-bond donors (Lipinski definition) is 0. The second-order valence-electron chi connectivity index (χ2n) is 10.5. The molecule has 0 unspecified atom stereocenters. The zero-order valence-corrected chi connectivity index (χ0v) is 21.8. The van der Waals surface area contributed by atoms with Crippen LogP contribution in [-0.2, 0) is 12.6 Å².